The van der Waals surface area contributed by atoms with Crippen LogP contribution in [0.1, 0.15) is 57.0 Å². The number of likely N-dealkylation sites (N-methyl/N-ethyl adjacent to an activating group) is 1. The zero-order valence-electron chi connectivity index (χ0n) is 18.1. The van der Waals surface area contributed by atoms with Gasteiger partial charge < -0.3 is 14.6 Å². The van der Waals surface area contributed by atoms with Gasteiger partial charge in [-0.25, -0.2) is 9.67 Å². The average molecular weight is 424 g/mol. The maximum Gasteiger partial charge on any atom is 0.262 e. The number of nitrogens with one attached hydrogen (secondary N) is 1. The molecule has 1 N–H and O–H groups in total. The minimum atomic E-state index is -0.181. The van der Waals surface area contributed by atoms with Crippen molar-refractivity contribution in [2.75, 3.05) is 19.7 Å². The number of aromatic nitrogens is 4. The third-order valence-corrected chi connectivity index (χ3v) is 5.98. The summed E-state index contributed by atoms with van der Waals surface area (Å²) in [5.74, 6) is 1.13. The molecule has 31 heavy (non-hydrogen) atoms. The number of aromatic amines is 1. The first kappa shape index (κ1) is 21.1. The number of carbonyl (C=O) groups is 1. The van der Waals surface area contributed by atoms with E-state index in [-0.39, 0.29) is 18.1 Å². The van der Waals surface area contributed by atoms with E-state index < -0.39 is 0 Å². The van der Waals surface area contributed by atoms with Crippen molar-refractivity contribution in [1.82, 2.24) is 24.6 Å². The second-order valence-corrected chi connectivity index (χ2v) is 7.92. The molecule has 164 valence electrons. The summed E-state index contributed by atoms with van der Waals surface area (Å²) in [6.45, 7) is 5.18. The van der Waals surface area contributed by atoms with Crippen LogP contribution >= 0.6 is 0 Å². The van der Waals surface area contributed by atoms with Crippen LogP contribution in [0.3, 0.4) is 0 Å². The fourth-order valence-electron chi connectivity index (χ4n) is 4.26. The number of carbonyl (C=O) groups excluding carboxylic acids is 1. The number of hydrogen-bond acceptors (Lipinski definition) is 5. The molecular formula is C23H29N5O3. The van der Waals surface area contributed by atoms with E-state index >= 15 is 0 Å². The van der Waals surface area contributed by atoms with E-state index in [1.54, 1.807) is 11.1 Å². The molecule has 0 radical (unpaired) electrons. The molecule has 1 amide bonds. The van der Waals surface area contributed by atoms with Crippen LogP contribution in [0, 0.1) is 0 Å². The van der Waals surface area contributed by atoms with E-state index in [1.807, 2.05) is 42.8 Å². The summed E-state index contributed by atoms with van der Waals surface area (Å²) in [6.07, 6.45) is 6.50. The fraction of sp³-hybridized carbons (Fsp3) is 0.478. The minimum Gasteiger partial charge on any atom is -0.483 e. The molecule has 1 saturated carbocycles. The zero-order chi connectivity index (χ0) is 21.8. The largest absolute Gasteiger partial charge is 0.483 e. The Labute approximate surface area is 181 Å². The minimum absolute atomic E-state index is 0.0177. The van der Waals surface area contributed by atoms with Crippen molar-refractivity contribution >= 4 is 16.9 Å². The first-order valence-electron chi connectivity index (χ1n) is 11.1. The summed E-state index contributed by atoms with van der Waals surface area (Å²) < 4.78 is 7.74. The molecular weight excluding hydrogens is 394 g/mol. The third kappa shape index (κ3) is 4.47. The van der Waals surface area contributed by atoms with E-state index in [4.69, 9.17) is 9.72 Å². The highest BCUT2D eigenvalue weighted by atomic mass is 16.5. The Hall–Kier alpha value is -3.16. The number of ether oxygens (including phenoxy) is 1. The Kier molecular flexibility index (Phi) is 6.34. The molecule has 0 saturated heterocycles. The summed E-state index contributed by atoms with van der Waals surface area (Å²) in [5, 5.41) is 4.97. The lowest BCUT2D eigenvalue weighted by atomic mass is 10.1. The number of benzene rings is 1. The molecule has 1 fully saturated rings. The molecule has 0 atom stereocenters. The van der Waals surface area contributed by atoms with Crippen LogP contribution < -0.4 is 10.3 Å². The Morgan fingerprint density at radius 2 is 1.97 bits per heavy atom. The van der Waals surface area contributed by atoms with Gasteiger partial charge in [0.25, 0.3) is 11.5 Å². The van der Waals surface area contributed by atoms with Crippen molar-refractivity contribution in [3.8, 4) is 5.75 Å². The van der Waals surface area contributed by atoms with E-state index in [2.05, 4.69) is 10.1 Å². The molecule has 1 aliphatic carbocycles. The number of nitrogens with zero attached hydrogens (tertiary/aromatic N) is 4. The van der Waals surface area contributed by atoms with Crippen LogP contribution in [0.25, 0.3) is 11.0 Å². The quantitative estimate of drug-likeness (QED) is 0.601. The maximum atomic E-state index is 12.6. The second kappa shape index (κ2) is 9.32. The van der Waals surface area contributed by atoms with Crippen molar-refractivity contribution in [3.05, 3.63) is 52.2 Å². The molecule has 4 rings (SSSR count). The molecule has 0 spiro atoms. The van der Waals surface area contributed by atoms with Crippen LogP contribution in [-0.4, -0.2) is 50.3 Å². The molecule has 8 nitrogen and oxygen atoms in total. The maximum absolute atomic E-state index is 12.6. The van der Waals surface area contributed by atoms with Crippen LogP contribution in [0.2, 0.25) is 0 Å². The van der Waals surface area contributed by atoms with Crippen LogP contribution in [0.5, 0.6) is 5.75 Å². The Morgan fingerprint density at radius 3 is 2.71 bits per heavy atom. The lowest BCUT2D eigenvalue weighted by molar-refractivity contribution is -0.132. The number of H-pyrrole nitrogens is 1. The van der Waals surface area contributed by atoms with E-state index in [0.29, 0.717) is 48.2 Å². The molecule has 1 aromatic carbocycles. The highest BCUT2D eigenvalue weighted by Gasteiger charge is 2.21. The lowest BCUT2D eigenvalue weighted by Crippen LogP contribution is -2.34. The molecule has 3 aromatic rings. The van der Waals surface area contributed by atoms with Gasteiger partial charge in [0.15, 0.2) is 12.3 Å². The molecule has 2 aromatic heterocycles. The Balaban J connectivity index is 1.57. The highest BCUT2D eigenvalue weighted by Crippen LogP contribution is 2.30. The van der Waals surface area contributed by atoms with Gasteiger partial charge in [0, 0.05) is 25.1 Å². The number of para-hydroxylation sites is 1. The van der Waals surface area contributed by atoms with Gasteiger partial charge in [-0.3, -0.25) is 9.59 Å². The van der Waals surface area contributed by atoms with Crippen molar-refractivity contribution in [2.24, 2.45) is 0 Å². The van der Waals surface area contributed by atoms with Crippen molar-refractivity contribution < 1.29 is 9.53 Å². The fourth-order valence-corrected chi connectivity index (χ4v) is 4.26. The first-order valence-corrected chi connectivity index (χ1v) is 11.1. The molecule has 8 heteroatoms. The normalized spacial score (nSPS) is 14.3. The average Bonchev–Trinajstić information content (AvgIpc) is 3.44. The summed E-state index contributed by atoms with van der Waals surface area (Å²) >= 11 is 0. The lowest BCUT2D eigenvalue weighted by Gasteiger charge is -2.19. The van der Waals surface area contributed by atoms with Gasteiger partial charge >= 0.3 is 0 Å². The van der Waals surface area contributed by atoms with Gasteiger partial charge in [0.1, 0.15) is 17.0 Å². The highest BCUT2D eigenvalue weighted by molar-refractivity contribution is 5.77. The van der Waals surface area contributed by atoms with Gasteiger partial charge in [0.2, 0.25) is 0 Å². The predicted molar refractivity (Wildman–Crippen MR) is 118 cm³/mol. The molecule has 2 heterocycles. The molecule has 0 aliphatic heterocycles. The summed E-state index contributed by atoms with van der Waals surface area (Å²) in [6, 6.07) is 7.85. The van der Waals surface area contributed by atoms with Crippen LogP contribution in [-0.2, 0) is 11.2 Å². The zero-order valence-corrected chi connectivity index (χ0v) is 18.1. The monoisotopic (exact) mass is 423 g/mol. The smallest absolute Gasteiger partial charge is 0.262 e. The summed E-state index contributed by atoms with van der Waals surface area (Å²) in [7, 11) is 0. The topological polar surface area (TPSA) is 93.1 Å². The van der Waals surface area contributed by atoms with Gasteiger partial charge in [0.05, 0.1) is 12.2 Å². The number of hydrogen-bond donors (Lipinski definition) is 1. The molecule has 0 unspecified atom stereocenters. The Bertz CT molecular complexity index is 1110. The SMILES string of the molecule is CCN(CC)C(=O)COc1ccccc1Cc1nc2c(cnn2C2CCCC2)c(=O)[nH]1. The predicted octanol–water partition coefficient (Wildman–Crippen LogP) is 3.07. The number of amides is 1. The van der Waals surface area contributed by atoms with Gasteiger partial charge in [-0.15, -0.1) is 0 Å². The standard InChI is InChI=1S/C23H29N5O3/c1-3-27(4-2)21(29)15-31-19-12-8-5-9-16(19)13-20-25-22-18(23(30)26-20)14-24-28(22)17-10-6-7-11-17/h5,8-9,12,14,17H,3-4,6-7,10-11,13,15H2,1-2H3,(H,25,26,30). The summed E-state index contributed by atoms with van der Waals surface area (Å²) in [5.41, 5.74) is 1.32. The number of rotatable bonds is 8. The van der Waals surface area contributed by atoms with Crippen molar-refractivity contribution in [1.29, 1.82) is 0 Å². The van der Waals surface area contributed by atoms with Crippen molar-refractivity contribution in [2.45, 2.75) is 52.0 Å². The van der Waals surface area contributed by atoms with Gasteiger partial charge in [-0.2, -0.15) is 5.10 Å². The summed E-state index contributed by atoms with van der Waals surface area (Å²) in [4.78, 5) is 34.3. The van der Waals surface area contributed by atoms with Gasteiger partial charge in [-0.05, 0) is 32.8 Å². The Morgan fingerprint density at radius 1 is 1.23 bits per heavy atom. The second-order valence-electron chi connectivity index (χ2n) is 7.92. The van der Waals surface area contributed by atoms with Gasteiger partial charge in [-0.1, -0.05) is 31.0 Å². The van der Waals surface area contributed by atoms with Crippen LogP contribution in [0.4, 0.5) is 0 Å². The molecule has 0 bridgehead atoms. The van der Waals surface area contributed by atoms with Crippen LogP contribution in [0.15, 0.2) is 35.3 Å². The third-order valence-electron chi connectivity index (χ3n) is 5.98. The van der Waals surface area contributed by atoms with E-state index in [1.165, 1.54) is 12.8 Å². The molecule has 1 aliphatic rings. The number of fused-ring (bicyclic) bond motifs is 1. The van der Waals surface area contributed by atoms with Crippen molar-refractivity contribution in [3.63, 3.8) is 0 Å². The van der Waals surface area contributed by atoms with E-state index in [9.17, 15) is 9.59 Å². The first-order chi connectivity index (χ1) is 15.1. The van der Waals surface area contributed by atoms with E-state index in [0.717, 1.165) is 18.4 Å².